The van der Waals surface area contributed by atoms with Crippen LogP contribution in [-0.2, 0) is 0 Å². The predicted octanol–water partition coefficient (Wildman–Crippen LogP) is 1.47. The fraction of sp³-hybridized carbons (Fsp3) is 0.917. The summed E-state index contributed by atoms with van der Waals surface area (Å²) in [6.07, 6.45) is 0. The quantitative estimate of drug-likeness (QED) is 0.730. The van der Waals surface area contributed by atoms with Crippen LogP contribution in [0.1, 0.15) is 27.7 Å². The first kappa shape index (κ1) is 13.3. The highest BCUT2D eigenvalue weighted by molar-refractivity contribution is 5.75. The molecule has 94 valence electrons. The Balaban J connectivity index is 2.38. The molecule has 0 spiro atoms. The molecule has 0 unspecified atom stereocenters. The van der Waals surface area contributed by atoms with Gasteiger partial charge in [0, 0.05) is 38.3 Å². The number of nitrogens with zero attached hydrogens (tertiary/aromatic N) is 3. The Morgan fingerprint density at radius 2 is 1.62 bits per heavy atom. The molecule has 0 bridgehead atoms. The van der Waals surface area contributed by atoms with Gasteiger partial charge in [-0.1, -0.05) is 0 Å². The lowest BCUT2D eigenvalue weighted by molar-refractivity contribution is 0.0416. The normalized spacial score (nSPS) is 17.2. The summed E-state index contributed by atoms with van der Waals surface area (Å²) in [7, 11) is 4.00. The zero-order chi connectivity index (χ0) is 12.5. The van der Waals surface area contributed by atoms with E-state index >= 15 is 0 Å². The molecule has 1 rings (SSSR count). The van der Waals surface area contributed by atoms with Crippen LogP contribution in [0, 0.1) is 0 Å². The zero-order valence-corrected chi connectivity index (χ0v) is 11.4. The van der Waals surface area contributed by atoms with Crippen LogP contribution in [0.25, 0.3) is 0 Å². The maximum Gasteiger partial charge on any atom is 0.320 e. The predicted molar refractivity (Wildman–Crippen MR) is 66.6 cm³/mol. The van der Waals surface area contributed by atoms with Gasteiger partial charge in [0.05, 0.1) is 0 Å². The summed E-state index contributed by atoms with van der Waals surface area (Å²) >= 11 is 0. The molecular formula is C12H25N3O. The van der Waals surface area contributed by atoms with E-state index in [4.69, 9.17) is 0 Å². The lowest BCUT2D eigenvalue weighted by Crippen LogP contribution is -2.63. The molecular weight excluding hydrogens is 202 g/mol. The molecule has 1 aliphatic heterocycles. The van der Waals surface area contributed by atoms with E-state index in [0.717, 1.165) is 13.1 Å². The molecule has 0 aromatic heterocycles. The smallest absolute Gasteiger partial charge is 0.320 e. The third-order valence-corrected chi connectivity index (χ3v) is 3.60. The molecule has 1 fully saturated rings. The molecule has 0 N–H and O–H groups in total. The van der Waals surface area contributed by atoms with E-state index in [1.807, 2.05) is 25.8 Å². The van der Waals surface area contributed by atoms with Crippen molar-refractivity contribution in [3.8, 4) is 0 Å². The van der Waals surface area contributed by atoms with E-state index in [-0.39, 0.29) is 12.1 Å². The second-order valence-corrected chi connectivity index (χ2v) is 5.31. The van der Waals surface area contributed by atoms with Gasteiger partial charge in [0.1, 0.15) is 0 Å². The minimum Gasteiger partial charge on any atom is -0.325 e. The largest absolute Gasteiger partial charge is 0.325 e. The standard InChI is InChI=1S/C12H25N3O/c1-9(2)13(5)11-7-15(8-11)12(16)14(6)10(3)4/h9-11H,7-8H2,1-6H3. The summed E-state index contributed by atoms with van der Waals surface area (Å²) in [5.74, 6) is 0. The SMILES string of the molecule is CC(C)N(C)C(=O)N1CC(N(C)C(C)C)C1. The minimum absolute atomic E-state index is 0.156. The van der Waals surface area contributed by atoms with Crippen LogP contribution < -0.4 is 0 Å². The Hall–Kier alpha value is -0.770. The number of amides is 2. The number of urea groups is 1. The number of rotatable bonds is 3. The van der Waals surface area contributed by atoms with Crippen molar-refractivity contribution in [2.24, 2.45) is 0 Å². The van der Waals surface area contributed by atoms with Gasteiger partial charge >= 0.3 is 6.03 Å². The summed E-state index contributed by atoms with van der Waals surface area (Å²) in [6.45, 7) is 10.2. The van der Waals surface area contributed by atoms with E-state index in [1.165, 1.54) is 0 Å². The van der Waals surface area contributed by atoms with Crippen LogP contribution in [0.4, 0.5) is 4.79 Å². The van der Waals surface area contributed by atoms with E-state index in [9.17, 15) is 4.79 Å². The van der Waals surface area contributed by atoms with Gasteiger partial charge in [-0.3, -0.25) is 4.90 Å². The monoisotopic (exact) mass is 227 g/mol. The molecule has 0 radical (unpaired) electrons. The lowest BCUT2D eigenvalue weighted by atomic mass is 10.1. The van der Waals surface area contributed by atoms with Crippen LogP contribution >= 0.6 is 0 Å². The molecule has 1 aliphatic rings. The maximum absolute atomic E-state index is 11.9. The minimum atomic E-state index is 0.156. The number of likely N-dealkylation sites (N-methyl/N-ethyl adjacent to an activating group) is 1. The van der Waals surface area contributed by atoms with Crippen LogP contribution in [-0.4, -0.2) is 66.0 Å². The lowest BCUT2D eigenvalue weighted by Gasteiger charge is -2.47. The summed E-state index contributed by atoms with van der Waals surface area (Å²) in [6, 6.07) is 1.51. The highest BCUT2D eigenvalue weighted by atomic mass is 16.2. The average molecular weight is 227 g/mol. The van der Waals surface area contributed by atoms with Gasteiger partial charge in [0.2, 0.25) is 0 Å². The summed E-state index contributed by atoms with van der Waals surface area (Å²) in [5, 5.41) is 0. The van der Waals surface area contributed by atoms with Crippen LogP contribution in [0.3, 0.4) is 0 Å². The van der Waals surface area contributed by atoms with Crippen molar-refractivity contribution in [2.75, 3.05) is 27.2 Å². The van der Waals surface area contributed by atoms with Crippen molar-refractivity contribution < 1.29 is 4.79 Å². The van der Waals surface area contributed by atoms with Gasteiger partial charge in [-0.05, 0) is 34.7 Å². The fourth-order valence-electron chi connectivity index (χ4n) is 1.73. The van der Waals surface area contributed by atoms with Crippen LogP contribution in [0.2, 0.25) is 0 Å². The Labute approximate surface area is 99.2 Å². The van der Waals surface area contributed by atoms with Crippen molar-refractivity contribution in [3.63, 3.8) is 0 Å². The summed E-state index contributed by atoms with van der Waals surface area (Å²) in [5.41, 5.74) is 0. The van der Waals surface area contributed by atoms with Crippen molar-refractivity contribution in [1.29, 1.82) is 0 Å². The molecule has 2 amide bonds. The molecule has 1 saturated heterocycles. The fourth-order valence-corrected chi connectivity index (χ4v) is 1.73. The van der Waals surface area contributed by atoms with Crippen LogP contribution in [0.5, 0.6) is 0 Å². The molecule has 4 heteroatoms. The van der Waals surface area contributed by atoms with Crippen molar-refractivity contribution >= 4 is 6.03 Å². The second kappa shape index (κ2) is 5.04. The van der Waals surface area contributed by atoms with Gasteiger partial charge in [-0.15, -0.1) is 0 Å². The zero-order valence-electron chi connectivity index (χ0n) is 11.4. The third kappa shape index (κ3) is 2.67. The first-order valence-electron chi connectivity index (χ1n) is 6.08. The van der Waals surface area contributed by atoms with Gasteiger partial charge in [0.15, 0.2) is 0 Å². The number of hydrogen-bond acceptors (Lipinski definition) is 2. The van der Waals surface area contributed by atoms with E-state index in [1.54, 1.807) is 4.90 Å². The molecule has 0 atom stereocenters. The molecule has 4 nitrogen and oxygen atoms in total. The Bertz CT molecular complexity index is 247. The molecule has 0 aliphatic carbocycles. The molecule has 1 heterocycles. The van der Waals surface area contributed by atoms with Gasteiger partial charge in [0.25, 0.3) is 0 Å². The van der Waals surface area contributed by atoms with Crippen LogP contribution in [0.15, 0.2) is 0 Å². The Morgan fingerprint density at radius 3 is 2.00 bits per heavy atom. The topological polar surface area (TPSA) is 26.8 Å². The highest BCUT2D eigenvalue weighted by Crippen LogP contribution is 2.17. The van der Waals surface area contributed by atoms with Crippen molar-refractivity contribution in [1.82, 2.24) is 14.7 Å². The summed E-state index contributed by atoms with van der Waals surface area (Å²) in [4.78, 5) is 18.0. The van der Waals surface area contributed by atoms with Gasteiger partial charge in [-0.25, -0.2) is 4.79 Å². The number of hydrogen-bond donors (Lipinski definition) is 0. The van der Waals surface area contributed by atoms with E-state index < -0.39 is 0 Å². The number of likely N-dealkylation sites (tertiary alicyclic amines) is 1. The number of carbonyl (C=O) groups is 1. The van der Waals surface area contributed by atoms with E-state index in [0.29, 0.717) is 12.1 Å². The Kier molecular flexibility index (Phi) is 4.19. The Morgan fingerprint density at radius 1 is 1.12 bits per heavy atom. The summed E-state index contributed by atoms with van der Waals surface area (Å²) < 4.78 is 0. The molecule has 0 aromatic rings. The van der Waals surface area contributed by atoms with Gasteiger partial charge < -0.3 is 9.80 Å². The third-order valence-electron chi connectivity index (χ3n) is 3.60. The van der Waals surface area contributed by atoms with Gasteiger partial charge in [-0.2, -0.15) is 0 Å². The molecule has 0 saturated carbocycles. The highest BCUT2D eigenvalue weighted by Gasteiger charge is 2.35. The molecule has 16 heavy (non-hydrogen) atoms. The van der Waals surface area contributed by atoms with Crippen molar-refractivity contribution in [2.45, 2.75) is 45.8 Å². The first-order chi connectivity index (χ1) is 7.34. The van der Waals surface area contributed by atoms with E-state index in [2.05, 4.69) is 25.8 Å². The average Bonchev–Trinajstić information content (AvgIpc) is 2.13. The molecule has 0 aromatic carbocycles. The number of carbonyl (C=O) groups excluding carboxylic acids is 1. The maximum atomic E-state index is 11.9. The van der Waals surface area contributed by atoms with Crippen molar-refractivity contribution in [3.05, 3.63) is 0 Å². The first-order valence-corrected chi connectivity index (χ1v) is 6.08. The second-order valence-electron chi connectivity index (χ2n) is 5.31.